The van der Waals surface area contributed by atoms with Gasteiger partial charge in [-0.15, -0.1) is 5.10 Å². The first-order valence-electron chi connectivity index (χ1n) is 11.5. The third-order valence-electron chi connectivity index (χ3n) is 6.67. The minimum absolute atomic E-state index is 0.456. The molecule has 3 aromatic carbocycles. The number of likely N-dealkylation sites (tertiary alicyclic amines) is 1. The number of piperidine rings is 1. The zero-order valence-electron chi connectivity index (χ0n) is 18.0. The maximum absolute atomic E-state index is 4.45. The van der Waals surface area contributed by atoms with E-state index in [9.17, 15) is 0 Å². The SMILES string of the molecule is c1ccc(CC(CCN2CCC(n3nnc4ccccc43)CC2)c2ccccc2)cc1. The van der Waals surface area contributed by atoms with Gasteiger partial charge < -0.3 is 4.90 Å². The van der Waals surface area contributed by atoms with Crippen molar-refractivity contribution < 1.29 is 0 Å². The minimum atomic E-state index is 0.456. The first-order chi connectivity index (χ1) is 15.4. The van der Waals surface area contributed by atoms with Crippen molar-refractivity contribution in [2.75, 3.05) is 19.6 Å². The van der Waals surface area contributed by atoms with E-state index in [1.54, 1.807) is 0 Å². The molecular weight excluding hydrogens is 380 g/mol. The van der Waals surface area contributed by atoms with Crippen molar-refractivity contribution in [3.63, 3.8) is 0 Å². The highest BCUT2D eigenvalue weighted by molar-refractivity contribution is 5.73. The van der Waals surface area contributed by atoms with Crippen molar-refractivity contribution >= 4 is 11.0 Å². The molecule has 0 aliphatic carbocycles. The Balaban J connectivity index is 1.20. The Bertz CT molecular complexity index is 1080. The number of rotatable bonds is 7. The van der Waals surface area contributed by atoms with Crippen LogP contribution in [-0.2, 0) is 6.42 Å². The summed E-state index contributed by atoms with van der Waals surface area (Å²) in [6, 6.07) is 30.7. The van der Waals surface area contributed by atoms with E-state index in [1.807, 2.05) is 12.1 Å². The Morgan fingerprint density at radius 1 is 0.806 bits per heavy atom. The molecular formula is C27H30N4. The van der Waals surface area contributed by atoms with Gasteiger partial charge in [0, 0.05) is 13.1 Å². The molecule has 1 saturated heterocycles. The number of hydrogen-bond acceptors (Lipinski definition) is 3. The monoisotopic (exact) mass is 410 g/mol. The predicted molar refractivity (Wildman–Crippen MR) is 126 cm³/mol. The van der Waals surface area contributed by atoms with E-state index in [0.717, 1.165) is 49.9 Å². The average molecular weight is 411 g/mol. The van der Waals surface area contributed by atoms with Gasteiger partial charge in [0.1, 0.15) is 5.52 Å². The van der Waals surface area contributed by atoms with Crippen molar-refractivity contribution in [3.8, 4) is 0 Å². The molecule has 31 heavy (non-hydrogen) atoms. The lowest BCUT2D eigenvalue weighted by Gasteiger charge is -2.33. The molecule has 1 aliphatic rings. The van der Waals surface area contributed by atoms with Crippen molar-refractivity contribution in [1.82, 2.24) is 19.9 Å². The first kappa shape index (κ1) is 20.0. The Morgan fingerprint density at radius 2 is 1.48 bits per heavy atom. The van der Waals surface area contributed by atoms with Crippen LogP contribution >= 0.6 is 0 Å². The molecule has 0 N–H and O–H groups in total. The molecule has 0 radical (unpaired) electrons. The summed E-state index contributed by atoms with van der Waals surface area (Å²) >= 11 is 0. The number of aromatic nitrogens is 3. The van der Waals surface area contributed by atoms with Gasteiger partial charge in [-0.3, -0.25) is 0 Å². The summed E-state index contributed by atoms with van der Waals surface area (Å²) in [5.41, 5.74) is 5.04. The van der Waals surface area contributed by atoms with Crippen LogP contribution in [0.15, 0.2) is 84.9 Å². The second kappa shape index (κ2) is 9.44. The summed E-state index contributed by atoms with van der Waals surface area (Å²) < 4.78 is 2.15. The van der Waals surface area contributed by atoms with E-state index in [4.69, 9.17) is 0 Å². The maximum atomic E-state index is 4.45. The molecule has 0 bridgehead atoms. The van der Waals surface area contributed by atoms with Crippen LogP contribution in [-0.4, -0.2) is 39.5 Å². The van der Waals surface area contributed by atoms with Gasteiger partial charge in [0.2, 0.25) is 0 Å². The van der Waals surface area contributed by atoms with Gasteiger partial charge in [0.15, 0.2) is 0 Å². The van der Waals surface area contributed by atoms with Crippen LogP contribution in [0, 0.1) is 0 Å². The Morgan fingerprint density at radius 3 is 2.26 bits per heavy atom. The molecule has 5 rings (SSSR count). The summed E-state index contributed by atoms with van der Waals surface area (Å²) in [4.78, 5) is 2.64. The highest BCUT2D eigenvalue weighted by atomic mass is 15.4. The zero-order chi connectivity index (χ0) is 20.9. The highest BCUT2D eigenvalue weighted by Crippen LogP contribution is 2.28. The third kappa shape index (κ3) is 4.70. The topological polar surface area (TPSA) is 34.0 Å². The minimum Gasteiger partial charge on any atom is -0.303 e. The summed E-state index contributed by atoms with van der Waals surface area (Å²) in [6.45, 7) is 3.41. The zero-order valence-corrected chi connectivity index (χ0v) is 18.0. The first-order valence-corrected chi connectivity index (χ1v) is 11.5. The van der Waals surface area contributed by atoms with E-state index in [0.29, 0.717) is 12.0 Å². The molecule has 1 aromatic heterocycles. The van der Waals surface area contributed by atoms with Gasteiger partial charge in [-0.2, -0.15) is 0 Å². The van der Waals surface area contributed by atoms with Crippen LogP contribution in [0.3, 0.4) is 0 Å². The molecule has 4 aromatic rings. The quantitative estimate of drug-likeness (QED) is 0.404. The fraction of sp³-hybridized carbons (Fsp3) is 0.333. The lowest BCUT2D eigenvalue weighted by molar-refractivity contribution is 0.176. The molecule has 0 saturated carbocycles. The molecule has 1 fully saturated rings. The third-order valence-corrected chi connectivity index (χ3v) is 6.67. The van der Waals surface area contributed by atoms with Gasteiger partial charge in [0.25, 0.3) is 0 Å². The number of fused-ring (bicyclic) bond motifs is 1. The van der Waals surface area contributed by atoms with Crippen LogP contribution in [0.1, 0.15) is 42.3 Å². The molecule has 4 heteroatoms. The van der Waals surface area contributed by atoms with Crippen molar-refractivity contribution in [2.45, 2.75) is 37.6 Å². The molecule has 158 valence electrons. The molecule has 1 atom stereocenters. The van der Waals surface area contributed by atoms with E-state index < -0.39 is 0 Å². The van der Waals surface area contributed by atoms with E-state index in [1.165, 1.54) is 17.5 Å². The molecule has 0 amide bonds. The average Bonchev–Trinajstić information content (AvgIpc) is 3.27. The lowest BCUT2D eigenvalue weighted by Crippen LogP contribution is -2.36. The standard InChI is InChI=1S/C27H30N4/c1-3-9-22(10-4-1)21-24(23-11-5-2-6-12-23)15-18-30-19-16-25(17-20-30)31-27-14-8-7-13-26(27)28-29-31/h1-14,24-25H,15-21H2. The van der Waals surface area contributed by atoms with Crippen LogP contribution in [0.2, 0.25) is 0 Å². The van der Waals surface area contributed by atoms with Crippen LogP contribution in [0.4, 0.5) is 0 Å². The molecule has 4 nitrogen and oxygen atoms in total. The summed E-state index contributed by atoms with van der Waals surface area (Å²) in [5, 5.41) is 8.80. The molecule has 2 heterocycles. The van der Waals surface area contributed by atoms with Gasteiger partial charge >= 0.3 is 0 Å². The summed E-state index contributed by atoms with van der Waals surface area (Å²) in [7, 11) is 0. The Labute approximate surface area is 184 Å². The molecule has 0 spiro atoms. The second-order valence-electron chi connectivity index (χ2n) is 8.68. The summed E-state index contributed by atoms with van der Waals surface area (Å²) in [6.07, 6.45) is 4.58. The lowest BCUT2D eigenvalue weighted by atomic mass is 9.89. The van der Waals surface area contributed by atoms with Gasteiger partial charge in [-0.1, -0.05) is 78.0 Å². The Kier molecular flexibility index (Phi) is 6.08. The smallest absolute Gasteiger partial charge is 0.113 e. The second-order valence-corrected chi connectivity index (χ2v) is 8.68. The van der Waals surface area contributed by atoms with Gasteiger partial charge in [-0.25, -0.2) is 4.68 Å². The van der Waals surface area contributed by atoms with E-state index >= 15 is 0 Å². The van der Waals surface area contributed by atoms with E-state index in [2.05, 4.69) is 92.7 Å². The highest BCUT2D eigenvalue weighted by Gasteiger charge is 2.23. The van der Waals surface area contributed by atoms with Crippen LogP contribution in [0.25, 0.3) is 11.0 Å². The van der Waals surface area contributed by atoms with E-state index in [-0.39, 0.29) is 0 Å². The van der Waals surface area contributed by atoms with Crippen molar-refractivity contribution in [3.05, 3.63) is 96.1 Å². The normalized spacial score (nSPS) is 16.5. The molecule has 1 unspecified atom stereocenters. The Hall–Kier alpha value is -2.98. The number of nitrogens with zero attached hydrogens (tertiary/aromatic N) is 4. The van der Waals surface area contributed by atoms with Crippen molar-refractivity contribution in [1.29, 1.82) is 0 Å². The fourth-order valence-corrected chi connectivity index (χ4v) is 4.89. The number of benzene rings is 3. The summed E-state index contributed by atoms with van der Waals surface area (Å²) in [5.74, 6) is 0.556. The van der Waals surface area contributed by atoms with Crippen LogP contribution < -0.4 is 0 Å². The number of hydrogen-bond donors (Lipinski definition) is 0. The molecule has 1 aliphatic heterocycles. The maximum Gasteiger partial charge on any atom is 0.113 e. The predicted octanol–water partition coefficient (Wildman–Crippen LogP) is 5.48. The van der Waals surface area contributed by atoms with Crippen LogP contribution in [0.5, 0.6) is 0 Å². The van der Waals surface area contributed by atoms with Gasteiger partial charge in [-0.05, 0) is 61.4 Å². The fourth-order valence-electron chi connectivity index (χ4n) is 4.89. The van der Waals surface area contributed by atoms with Gasteiger partial charge in [0.05, 0.1) is 11.6 Å². The van der Waals surface area contributed by atoms with Crippen molar-refractivity contribution in [2.24, 2.45) is 0 Å². The largest absolute Gasteiger partial charge is 0.303 e. The number of para-hydroxylation sites is 1.